The second-order valence-corrected chi connectivity index (χ2v) is 4.64. The van der Waals surface area contributed by atoms with Crippen molar-refractivity contribution in [2.45, 2.75) is 24.2 Å². The molecule has 17 heavy (non-hydrogen) atoms. The molecule has 3 N–H and O–H groups in total. The van der Waals surface area contributed by atoms with Crippen LogP contribution in [0.4, 0.5) is 11.8 Å². The predicted octanol–water partition coefficient (Wildman–Crippen LogP) is 0.916. The molecular formula is C10H13N5OS. The zero-order chi connectivity index (χ0) is 12.3. The third-order valence-corrected chi connectivity index (χ3v) is 3.38. The van der Waals surface area contributed by atoms with Crippen molar-refractivity contribution < 1.29 is 0 Å². The maximum atomic E-state index is 11.7. The van der Waals surface area contributed by atoms with E-state index < -0.39 is 0 Å². The molecule has 2 heterocycles. The summed E-state index contributed by atoms with van der Waals surface area (Å²) < 4.78 is 0. The van der Waals surface area contributed by atoms with Crippen LogP contribution >= 0.6 is 11.8 Å². The quantitative estimate of drug-likeness (QED) is 0.599. The van der Waals surface area contributed by atoms with Crippen LogP contribution in [0, 0.1) is 10.7 Å². The van der Waals surface area contributed by atoms with Gasteiger partial charge in [0, 0.05) is 13.1 Å². The summed E-state index contributed by atoms with van der Waals surface area (Å²) in [7, 11) is 0. The first-order chi connectivity index (χ1) is 8.22. The lowest BCUT2D eigenvalue weighted by Crippen LogP contribution is -2.33. The van der Waals surface area contributed by atoms with Crippen LogP contribution in [0.15, 0.2) is 9.69 Å². The molecule has 0 aromatic carbocycles. The van der Waals surface area contributed by atoms with E-state index in [1.54, 1.807) is 0 Å². The second kappa shape index (κ2) is 5.10. The fourth-order valence-corrected chi connectivity index (χ4v) is 2.25. The van der Waals surface area contributed by atoms with Crippen LogP contribution < -0.4 is 16.2 Å². The van der Waals surface area contributed by atoms with Gasteiger partial charge in [0.1, 0.15) is 16.1 Å². The topological polar surface area (TPSA) is 98.8 Å². The number of hydrogen-bond acceptors (Lipinski definition) is 6. The van der Waals surface area contributed by atoms with E-state index >= 15 is 0 Å². The molecule has 6 nitrogen and oxygen atoms in total. The van der Waals surface area contributed by atoms with Crippen molar-refractivity contribution in [3.05, 3.63) is 10.4 Å². The van der Waals surface area contributed by atoms with E-state index in [-0.39, 0.29) is 16.3 Å². The Bertz CT molecular complexity index is 500. The molecule has 0 amide bonds. The van der Waals surface area contributed by atoms with Crippen molar-refractivity contribution in [3.63, 3.8) is 0 Å². The Morgan fingerprint density at radius 2 is 2.12 bits per heavy atom. The average Bonchev–Trinajstić information content (AvgIpc) is 2.35. The summed E-state index contributed by atoms with van der Waals surface area (Å²) in [5.74, 6) is 0.635. The van der Waals surface area contributed by atoms with Gasteiger partial charge in [0.15, 0.2) is 0 Å². The van der Waals surface area contributed by atoms with Crippen LogP contribution in [0.25, 0.3) is 0 Å². The normalized spacial score (nSPS) is 15.6. The molecule has 1 aliphatic rings. The highest BCUT2D eigenvalue weighted by atomic mass is 32.2. The molecule has 1 aromatic rings. The Balaban J connectivity index is 2.31. The van der Waals surface area contributed by atoms with Crippen LogP contribution in [0.1, 0.15) is 19.3 Å². The van der Waals surface area contributed by atoms with Gasteiger partial charge in [-0.3, -0.25) is 9.78 Å². The van der Waals surface area contributed by atoms with E-state index in [1.165, 1.54) is 6.42 Å². The lowest BCUT2D eigenvalue weighted by atomic mass is 10.1. The molecule has 0 aliphatic carbocycles. The number of nitrogens with one attached hydrogen (secondary N) is 1. The summed E-state index contributed by atoms with van der Waals surface area (Å²) >= 11 is 0.740. The van der Waals surface area contributed by atoms with E-state index in [0.717, 1.165) is 37.7 Å². The van der Waals surface area contributed by atoms with Gasteiger partial charge in [-0.25, -0.2) is 0 Å². The van der Waals surface area contributed by atoms with Gasteiger partial charge in [-0.1, -0.05) is 0 Å². The van der Waals surface area contributed by atoms with E-state index in [1.807, 2.05) is 10.3 Å². The lowest BCUT2D eigenvalue weighted by Gasteiger charge is -2.27. The molecule has 0 saturated carbocycles. The van der Waals surface area contributed by atoms with Gasteiger partial charge in [0.2, 0.25) is 5.95 Å². The Morgan fingerprint density at radius 1 is 1.41 bits per heavy atom. The van der Waals surface area contributed by atoms with Crippen LogP contribution in [0.5, 0.6) is 0 Å². The van der Waals surface area contributed by atoms with Crippen molar-refractivity contribution >= 4 is 23.5 Å². The molecule has 0 unspecified atom stereocenters. The minimum absolute atomic E-state index is 0.126. The number of anilines is 2. The lowest BCUT2D eigenvalue weighted by molar-refractivity contribution is 0.567. The van der Waals surface area contributed by atoms with Crippen LogP contribution in [0.2, 0.25) is 0 Å². The molecule has 0 atom stereocenters. The third-order valence-electron chi connectivity index (χ3n) is 2.69. The average molecular weight is 251 g/mol. The van der Waals surface area contributed by atoms with Crippen LogP contribution in [0.3, 0.4) is 0 Å². The Hall–Kier alpha value is -1.68. The molecule has 90 valence electrons. The number of nitrogen functional groups attached to an aromatic ring is 1. The number of nitrogens with two attached hydrogens (primary N) is 1. The van der Waals surface area contributed by atoms with Crippen molar-refractivity contribution in [2.75, 3.05) is 23.7 Å². The maximum Gasteiger partial charge on any atom is 0.269 e. The van der Waals surface area contributed by atoms with Gasteiger partial charge >= 0.3 is 0 Å². The van der Waals surface area contributed by atoms with E-state index in [0.29, 0.717) is 5.95 Å². The summed E-state index contributed by atoms with van der Waals surface area (Å²) in [6, 6.07) is 0. The highest BCUT2D eigenvalue weighted by molar-refractivity contribution is 8.03. The number of aromatic nitrogens is 2. The number of thioether (sulfide) groups is 1. The molecule has 1 saturated heterocycles. The number of aromatic amines is 1. The summed E-state index contributed by atoms with van der Waals surface area (Å²) in [5, 5.41) is 10.4. The molecule has 1 fully saturated rings. The molecule has 1 aliphatic heterocycles. The number of thiocyanates is 1. The van der Waals surface area contributed by atoms with Gasteiger partial charge < -0.3 is 10.6 Å². The van der Waals surface area contributed by atoms with Crippen molar-refractivity contribution in [3.8, 4) is 5.40 Å². The number of piperidine rings is 1. The number of nitriles is 1. The fourth-order valence-electron chi connectivity index (χ4n) is 1.87. The fraction of sp³-hybridized carbons (Fsp3) is 0.500. The van der Waals surface area contributed by atoms with Crippen LogP contribution in [-0.4, -0.2) is 23.1 Å². The number of rotatable bonds is 2. The summed E-state index contributed by atoms with van der Waals surface area (Å²) in [6.45, 7) is 1.76. The molecule has 0 radical (unpaired) electrons. The van der Waals surface area contributed by atoms with Crippen molar-refractivity contribution in [1.29, 1.82) is 5.26 Å². The number of nitrogens with zero attached hydrogens (tertiary/aromatic N) is 3. The third kappa shape index (κ3) is 2.53. The smallest absolute Gasteiger partial charge is 0.269 e. The van der Waals surface area contributed by atoms with E-state index in [4.69, 9.17) is 11.0 Å². The van der Waals surface area contributed by atoms with E-state index in [9.17, 15) is 4.79 Å². The largest absolute Gasteiger partial charge is 0.382 e. The Kier molecular flexibility index (Phi) is 3.54. The first kappa shape index (κ1) is 11.8. The zero-order valence-corrected chi connectivity index (χ0v) is 10.1. The Morgan fingerprint density at radius 3 is 2.71 bits per heavy atom. The SMILES string of the molecule is N#CSc1c(N)nc(N2CCCCC2)[nH]c1=O. The summed E-state index contributed by atoms with van der Waals surface area (Å²) in [4.78, 5) is 20.7. The minimum Gasteiger partial charge on any atom is -0.382 e. The minimum atomic E-state index is -0.343. The number of hydrogen-bond donors (Lipinski definition) is 2. The molecule has 0 spiro atoms. The second-order valence-electron chi connectivity index (χ2n) is 3.84. The molecule has 1 aromatic heterocycles. The van der Waals surface area contributed by atoms with Gasteiger partial charge in [-0.15, -0.1) is 0 Å². The zero-order valence-electron chi connectivity index (χ0n) is 9.27. The van der Waals surface area contributed by atoms with Crippen molar-refractivity contribution in [2.24, 2.45) is 0 Å². The van der Waals surface area contributed by atoms with Gasteiger partial charge in [0.05, 0.1) is 0 Å². The van der Waals surface area contributed by atoms with Crippen LogP contribution in [-0.2, 0) is 0 Å². The molecule has 7 heteroatoms. The van der Waals surface area contributed by atoms with Gasteiger partial charge in [-0.2, -0.15) is 10.2 Å². The highest BCUT2D eigenvalue weighted by Crippen LogP contribution is 2.21. The van der Waals surface area contributed by atoms with Crippen molar-refractivity contribution in [1.82, 2.24) is 9.97 Å². The first-order valence-electron chi connectivity index (χ1n) is 5.43. The predicted molar refractivity (Wildman–Crippen MR) is 66.8 cm³/mol. The summed E-state index contributed by atoms with van der Waals surface area (Å²) in [6.07, 6.45) is 3.40. The maximum absolute atomic E-state index is 11.7. The van der Waals surface area contributed by atoms with E-state index in [2.05, 4.69) is 9.97 Å². The summed E-state index contributed by atoms with van der Waals surface area (Å²) in [5.41, 5.74) is 5.34. The first-order valence-corrected chi connectivity index (χ1v) is 6.24. The molecular weight excluding hydrogens is 238 g/mol. The molecule has 0 bridgehead atoms. The molecule has 2 rings (SSSR count). The van der Waals surface area contributed by atoms with Gasteiger partial charge in [0.25, 0.3) is 5.56 Å². The Labute approximate surface area is 103 Å². The van der Waals surface area contributed by atoms with Gasteiger partial charge in [-0.05, 0) is 31.0 Å². The standard InChI is InChI=1S/C10H13N5OS/c11-6-17-7-8(12)13-10(14-9(7)16)15-4-2-1-3-5-15/h1-5H2,(H3,12,13,14,16). The monoisotopic (exact) mass is 251 g/mol. The number of H-pyrrole nitrogens is 1. The highest BCUT2D eigenvalue weighted by Gasteiger charge is 2.16.